The van der Waals surface area contributed by atoms with Crippen LogP contribution in [0.5, 0.6) is 0 Å². The lowest BCUT2D eigenvalue weighted by Crippen LogP contribution is -2.35. The summed E-state index contributed by atoms with van der Waals surface area (Å²) in [4.78, 5) is 5.26. The number of benzene rings is 1. The molecule has 2 N–H and O–H groups in total. The highest BCUT2D eigenvalue weighted by atomic mass is 32.1. The second-order valence-electron chi connectivity index (χ2n) is 6.13. The fourth-order valence-electron chi connectivity index (χ4n) is 3.50. The molecule has 21 heavy (non-hydrogen) atoms. The maximum absolute atomic E-state index is 13.6. The van der Waals surface area contributed by atoms with Gasteiger partial charge in [0, 0.05) is 31.2 Å². The van der Waals surface area contributed by atoms with Gasteiger partial charge in [0.15, 0.2) is 0 Å². The van der Waals surface area contributed by atoms with Gasteiger partial charge in [0.05, 0.1) is 0 Å². The fraction of sp³-hybridized carbons (Fsp3) is 0.562. The van der Waals surface area contributed by atoms with Crippen molar-refractivity contribution in [2.24, 2.45) is 5.73 Å². The smallest absolute Gasteiger partial charge is 0.124 e. The van der Waals surface area contributed by atoms with E-state index in [0.717, 1.165) is 25.2 Å². The van der Waals surface area contributed by atoms with Gasteiger partial charge in [0.25, 0.3) is 0 Å². The molecular formula is C16H22FN3S. The normalized spacial score (nSPS) is 23.8. The Kier molecular flexibility index (Phi) is 4.52. The van der Waals surface area contributed by atoms with Crippen LogP contribution in [0.1, 0.15) is 30.4 Å². The lowest BCUT2D eigenvalue weighted by atomic mass is 10.1. The summed E-state index contributed by atoms with van der Waals surface area (Å²) in [6.45, 7) is 5.42. The van der Waals surface area contributed by atoms with E-state index >= 15 is 0 Å². The van der Waals surface area contributed by atoms with E-state index in [4.69, 9.17) is 18.0 Å². The molecule has 0 aromatic heterocycles. The van der Waals surface area contributed by atoms with Crippen LogP contribution in [0, 0.1) is 5.82 Å². The minimum atomic E-state index is -0.259. The predicted octanol–water partition coefficient (Wildman–Crippen LogP) is 2.13. The molecule has 0 amide bonds. The van der Waals surface area contributed by atoms with Crippen molar-refractivity contribution >= 4 is 17.2 Å². The Bertz CT molecular complexity index is 528. The third-order valence-corrected chi connectivity index (χ3v) is 4.79. The Morgan fingerprint density at radius 2 is 2.00 bits per heavy atom. The number of thiocarbonyl (C=S) groups is 1. The summed E-state index contributed by atoms with van der Waals surface area (Å²) in [6.07, 6.45) is 3.88. The molecule has 0 saturated carbocycles. The zero-order valence-corrected chi connectivity index (χ0v) is 13.0. The summed E-state index contributed by atoms with van der Waals surface area (Å²) in [5, 5.41) is 0. The molecule has 1 aromatic rings. The molecule has 114 valence electrons. The van der Waals surface area contributed by atoms with E-state index in [1.54, 1.807) is 6.07 Å². The van der Waals surface area contributed by atoms with Crippen LogP contribution in [0.2, 0.25) is 0 Å². The third-order valence-electron chi connectivity index (χ3n) is 4.55. The van der Waals surface area contributed by atoms with Gasteiger partial charge in [-0.2, -0.15) is 0 Å². The third kappa shape index (κ3) is 3.59. The minimum Gasteiger partial charge on any atom is -0.389 e. The maximum Gasteiger partial charge on any atom is 0.124 e. The summed E-state index contributed by atoms with van der Waals surface area (Å²) in [5.41, 5.74) is 7.19. The first-order valence-corrected chi connectivity index (χ1v) is 8.08. The molecule has 0 spiro atoms. The Balaban J connectivity index is 1.63. The highest BCUT2D eigenvalue weighted by Gasteiger charge is 2.29. The first-order chi connectivity index (χ1) is 10.1. The first kappa shape index (κ1) is 14.9. The van der Waals surface area contributed by atoms with E-state index in [0.29, 0.717) is 11.6 Å². The molecule has 1 unspecified atom stereocenters. The lowest BCUT2D eigenvalue weighted by molar-refractivity contribution is 0.230. The second-order valence-corrected chi connectivity index (χ2v) is 6.57. The fourth-order valence-corrected chi connectivity index (χ4v) is 3.62. The molecule has 0 aliphatic carbocycles. The number of rotatable bonds is 4. The van der Waals surface area contributed by atoms with Crippen molar-refractivity contribution in [2.75, 3.05) is 26.2 Å². The Morgan fingerprint density at radius 1 is 1.24 bits per heavy atom. The van der Waals surface area contributed by atoms with Crippen LogP contribution >= 0.6 is 12.2 Å². The van der Waals surface area contributed by atoms with Crippen LogP contribution in [0.4, 0.5) is 4.39 Å². The van der Waals surface area contributed by atoms with E-state index in [1.807, 2.05) is 6.07 Å². The highest BCUT2D eigenvalue weighted by molar-refractivity contribution is 7.80. The molecule has 2 fully saturated rings. The number of hydrogen-bond acceptors (Lipinski definition) is 3. The summed E-state index contributed by atoms with van der Waals surface area (Å²) >= 11 is 4.95. The summed E-state index contributed by atoms with van der Waals surface area (Å²) in [5.74, 6) is -0.259. The van der Waals surface area contributed by atoms with Gasteiger partial charge in [0.2, 0.25) is 0 Å². The van der Waals surface area contributed by atoms with Crippen molar-refractivity contribution in [3.63, 3.8) is 0 Å². The van der Waals surface area contributed by atoms with Crippen molar-refractivity contribution in [2.45, 2.75) is 31.8 Å². The maximum atomic E-state index is 13.6. The van der Waals surface area contributed by atoms with Crippen molar-refractivity contribution in [1.29, 1.82) is 0 Å². The molecule has 0 bridgehead atoms. The second kappa shape index (κ2) is 6.38. The van der Waals surface area contributed by atoms with Gasteiger partial charge in [-0.1, -0.05) is 12.2 Å². The first-order valence-electron chi connectivity index (χ1n) is 7.67. The highest BCUT2D eigenvalue weighted by Crippen LogP contribution is 2.22. The quantitative estimate of drug-likeness (QED) is 0.864. The monoisotopic (exact) mass is 307 g/mol. The van der Waals surface area contributed by atoms with Crippen molar-refractivity contribution in [3.05, 3.63) is 35.1 Å². The SMILES string of the molecule is NC(=S)c1cc(F)cc(CN2CCC(N3CCCC3)C2)c1. The molecule has 2 heterocycles. The predicted molar refractivity (Wildman–Crippen MR) is 86.8 cm³/mol. The minimum absolute atomic E-state index is 0.257. The van der Waals surface area contributed by atoms with Gasteiger partial charge < -0.3 is 5.73 Å². The molecule has 2 aliphatic rings. The van der Waals surface area contributed by atoms with E-state index < -0.39 is 0 Å². The van der Waals surface area contributed by atoms with Crippen LogP contribution in [0.3, 0.4) is 0 Å². The number of hydrogen-bond donors (Lipinski definition) is 1. The van der Waals surface area contributed by atoms with Crippen LogP contribution in [0.15, 0.2) is 18.2 Å². The van der Waals surface area contributed by atoms with Gasteiger partial charge in [-0.15, -0.1) is 0 Å². The molecule has 1 atom stereocenters. The summed E-state index contributed by atoms with van der Waals surface area (Å²) in [6, 6.07) is 5.58. The zero-order chi connectivity index (χ0) is 14.8. The van der Waals surface area contributed by atoms with Crippen LogP contribution in [0.25, 0.3) is 0 Å². The number of nitrogens with zero attached hydrogens (tertiary/aromatic N) is 2. The van der Waals surface area contributed by atoms with Gasteiger partial charge in [0.1, 0.15) is 10.8 Å². The molecule has 0 radical (unpaired) electrons. The molecule has 3 rings (SSSR count). The summed E-state index contributed by atoms with van der Waals surface area (Å²) < 4.78 is 13.6. The lowest BCUT2D eigenvalue weighted by Gasteiger charge is -2.23. The van der Waals surface area contributed by atoms with E-state index in [-0.39, 0.29) is 10.8 Å². The van der Waals surface area contributed by atoms with Crippen LogP contribution < -0.4 is 5.73 Å². The number of nitrogens with two attached hydrogens (primary N) is 1. The van der Waals surface area contributed by atoms with E-state index in [2.05, 4.69) is 9.80 Å². The Hall–Kier alpha value is -1.04. The standard InChI is InChI=1S/C16H22FN3S/c17-14-8-12(7-13(9-14)16(18)21)10-19-6-3-15(11-19)20-4-1-2-5-20/h7-9,15H,1-6,10-11H2,(H2,18,21). The molecule has 2 aliphatic heterocycles. The van der Waals surface area contributed by atoms with Crippen molar-refractivity contribution in [1.82, 2.24) is 9.80 Å². The molecule has 5 heteroatoms. The molecule has 1 aromatic carbocycles. The topological polar surface area (TPSA) is 32.5 Å². The van der Waals surface area contributed by atoms with Gasteiger partial charge in [-0.05, 0) is 56.1 Å². The average molecular weight is 307 g/mol. The number of likely N-dealkylation sites (tertiary alicyclic amines) is 2. The van der Waals surface area contributed by atoms with Gasteiger partial charge in [-0.25, -0.2) is 4.39 Å². The Morgan fingerprint density at radius 3 is 2.71 bits per heavy atom. The van der Waals surface area contributed by atoms with E-state index in [9.17, 15) is 4.39 Å². The van der Waals surface area contributed by atoms with Crippen molar-refractivity contribution in [3.8, 4) is 0 Å². The zero-order valence-electron chi connectivity index (χ0n) is 12.2. The molecule has 3 nitrogen and oxygen atoms in total. The Labute approximate surface area is 130 Å². The molecular weight excluding hydrogens is 285 g/mol. The van der Waals surface area contributed by atoms with E-state index in [1.165, 1.54) is 38.4 Å². The summed E-state index contributed by atoms with van der Waals surface area (Å²) in [7, 11) is 0. The van der Waals surface area contributed by atoms with Crippen LogP contribution in [-0.4, -0.2) is 47.0 Å². The van der Waals surface area contributed by atoms with Gasteiger partial charge >= 0.3 is 0 Å². The number of halogens is 1. The van der Waals surface area contributed by atoms with Crippen molar-refractivity contribution < 1.29 is 4.39 Å². The molecule has 2 saturated heterocycles. The van der Waals surface area contributed by atoms with Gasteiger partial charge in [-0.3, -0.25) is 9.80 Å². The van der Waals surface area contributed by atoms with Crippen LogP contribution in [-0.2, 0) is 6.54 Å². The largest absolute Gasteiger partial charge is 0.389 e. The average Bonchev–Trinajstić information content (AvgIpc) is 3.08.